The summed E-state index contributed by atoms with van der Waals surface area (Å²) in [5.74, 6) is -0.687. The average molecular weight is 299 g/mol. The Labute approximate surface area is 128 Å². The summed E-state index contributed by atoms with van der Waals surface area (Å²) >= 11 is 0. The van der Waals surface area contributed by atoms with E-state index in [-0.39, 0.29) is 23.0 Å². The van der Waals surface area contributed by atoms with Crippen LogP contribution in [0.1, 0.15) is 36.2 Å². The molecule has 1 aliphatic carbocycles. The number of Topliss-reactive ketones (excluding diaryl/α,β-unsaturated/α-hetero) is 2. The number of hydrogen-bond acceptors (Lipinski definition) is 4. The lowest BCUT2D eigenvalue weighted by Gasteiger charge is -2.35. The van der Waals surface area contributed by atoms with Crippen LogP contribution in [0.15, 0.2) is 35.4 Å². The van der Waals surface area contributed by atoms with Gasteiger partial charge in [0.2, 0.25) is 5.91 Å². The molecule has 0 aromatic heterocycles. The maximum atomic E-state index is 12.7. The van der Waals surface area contributed by atoms with Crippen LogP contribution in [0.5, 0.6) is 0 Å². The molecule has 3 rings (SSSR count). The molecule has 2 aliphatic rings. The Morgan fingerprint density at radius 2 is 2.05 bits per heavy atom. The third-order valence-corrected chi connectivity index (χ3v) is 4.06. The molecule has 1 amide bonds. The van der Waals surface area contributed by atoms with Gasteiger partial charge < -0.3 is 10.1 Å². The first kappa shape index (κ1) is 14.7. The second-order valence-electron chi connectivity index (χ2n) is 5.53. The van der Waals surface area contributed by atoms with Crippen LogP contribution in [-0.2, 0) is 20.7 Å². The predicted molar refractivity (Wildman–Crippen MR) is 79.3 cm³/mol. The second kappa shape index (κ2) is 5.50. The molecule has 2 unspecified atom stereocenters. The van der Waals surface area contributed by atoms with E-state index < -0.39 is 12.3 Å². The largest absolute Gasteiger partial charge is 0.343 e. The number of rotatable bonds is 2. The summed E-state index contributed by atoms with van der Waals surface area (Å²) in [6, 6.07) is 7.23. The van der Waals surface area contributed by atoms with Crippen molar-refractivity contribution in [3.05, 3.63) is 46.5 Å². The molecule has 0 fully saturated rings. The highest BCUT2D eigenvalue weighted by Gasteiger charge is 2.42. The number of carbonyl (C=O) groups excluding carboxylic acids is 3. The van der Waals surface area contributed by atoms with Crippen LogP contribution in [0.2, 0.25) is 0 Å². The number of fused-ring (bicyclic) bond motifs is 1. The van der Waals surface area contributed by atoms with Gasteiger partial charge in [0, 0.05) is 24.5 Å². The van der Waals surface area contributed by atoms with Crippen LogP contribution in [-0.4, -0.2) is 29.8 Å². The van der Waals surface area contributed by atoms with Crippen LogP contribution >= 0.6 is 0 Å². The van der Waals surface area contributed by atoms with Gasteiger partial charge in [0.1, 0.15) is 6.10 Å². The van der Waals surface area contributed by atoms with Gasteiger partial charge in [0.05, 0.1) is 5.57 Å². The van der Waals surface area contributed by atoms with Crippen molar-refractivity contribution < 1.29 is 19.1 Å². The molecule has 114 valence electrons. The molecule has 2 atom stereocenters. The molecule has 22 heavy (non-hydrogen) atoms. The third-order valence-electron chi connectivity index (χ3n) is 4.06. The van der Waals surface area contributed by atoms with Crippen LogP contribution in [0.3, 0.4) is 0 Å². The SMILES string of the molecule is CCC1OC(NC(C)=O)C2=C(Cc3ccccc3C2=O)C1=O. The van der Waals surface area contributed by atoms with Gasteiger partial charge in [-0.3, -0.25) is 14.4 Å². The van der Waals surface area contributed by atoms with Crippen molar-refractivity contribution in [3.63, 3.8) is 0 Å². The first-order chi connectivity index (χ1) is 10.5. The summed E-state index contributed by atoms with van der Waals surface area (Å²) in [6.45, 7) is 3.21. The van der Waals surface area contributed by atoms with E-state index in [1.807, 2.05) is 19.1 Å². The van der Waals surface area contributed by atoms with Crippen molar-refractivity contribution in [2.75, 3.05) is 0 Å². The normalized spacial score (nSPS) is 23.9. The van der Waals surface area contributed by atoms with E-state index in [0.717, 1.165) is 5.56 Å². The van der Waals surface area contributed by atoms with E-state index in [1.165, 1.54) is 6.92 Å². The standard InChI is InChI=1S/C17H17NO4/c1-3-13-15(20)12-8-10-6-4-5-7-11(10)16(21)14(12)17(22-13)18-9(2)19/h4-7,13,17H,3,8H2,1-2H3,(H,18,19). The highest BCUT2D eigenvalue weighted by Crippen LogP contribution is 2.34. The van der Waals surface area contributed by atoms with E-state index in [1.54, 1.807) is 12.1 Å². The highest BCUT2D eigenvalue weighted by molar-refractivity contribution is 6.18. The Morgan fingerprint density at radius 1 is 1.32 bits per heavy atom. The summed E-state index contributed by atoms with van der Waals surface area (Å²) in [5.41, 5.74) is 2.17. The number of ketones is 2. The summed E-state index contributed by atoms with van der Waals surface area (Å²) in [6.07, 6.45) is -0.558. The second-order valence-corrected chi connectivity index (χ2v) is 5.53. The first-order valence-corrected chi connectivity index (χ1v) is 7.35. The Hall–Kier alpha value is -2.27. The number of carbonyl (C=O) groups is 3. The number of nitrogens with one attached hydrogen (secondary N) is 1. The number of benzene rings is 1. The summed E-state index contributed by atoms with van der Waals surface area (Å²) < 4.78 is 5.65. The molecule has 0 spiro atoms. The molecule has 1 N–H and O–H groups in total. The van der Waals surface area contributed by atoms with Crippen LogP contribution in [0, 0.1) is 0 Å². The van der Waals surface area contributed by atoms with Crippen LogP contribution < -0.4 is 5.32 Å². The lowest BCUT2D eigenvalue weighted by molar-refractivity contribution is -0.137. The number of hydrogen-bond donors (Lipinski definition) is 1. The van der Waals surface area contributed by atoms with Gasteiger partial charge in [-0.15, -0.1) is 0 Å². The maximum absolute atomic E-state index is 12.7. The minimum absolute atomic E-state index is 0.151. The molecule has 0 saturated carbocycles. The van der Waals surface area contributed by atoms with Gasteiger partial charge in [0.15, 0.2) is 17.8 Å². The topological polar surface area (TPSA) is 72.5 Å². The molecule has 0 radical (unpaired) electrons. The van der Waals surface area contributed by atoms with E-state index in [2.05, 4.69) is 5.32 Å². The molecule has 1 aromatic carbocycles. The smallest absolute Gasteiger partial charge is 0.219 e. The van der Waals surface area contributed by atoms with Crippen molar-refractivity contribution in [2.45, 2.75) is 39.0 Å². The molecule has 1 aromatic rings. The minimum atomic E-state index is -0.851. The highest BCUT2D eigenvalue weighted by atomic mass is 16.5. The number of ether oxygens (including phenoxy) is 1. The zero-order valence-corrected chi connectivity index (χ0v) is 12.5. The van der Waals surface area contributed by atoms with Gasteiger partial charge in [-0.25, -0.2) is 0 Å². The fraction of sp³-hybridized carbons (Fsp3) is 0.353. The minimum Gasteiger partial charge on any atom is -0.343 e. The molecular weight excluding hydrogens is 282 g/mol. The van der Waals surface area contributed by atoms with Crippen molar-refractivity contribution in [1.29, 1.82) is 0 Å². The summed E-state index contributed by atoms with van der Waals surface area (Å²) in [4.78, 5) is 36.7. The van der Waals surface area contributed by atoms with Crippen molar-refractivity contribution in [3.8, 4) is 0 Å². The van der Waals surface area contributed by atoms with Crippen LogP contribution in [0.25, 0.3) is 0 Å². The van der Waals surface area contributed by atoms with Gasteiger partial charge >= 0.3 is 0 Å². The number of amides is 1. The van der Waals surface area contributed by atoms with Crippen molar-refractivity contribution >= 4 is 17.5 Å². The molecule has 1 heterocycles. The molecule has 5 nitrogen and oxygen atoms in total. The Bertz CT molecular complexity index is 704. The fourth-order valence-corrected chi connectivity index (χ4v) is 3.02. The van der Waals surface area contributed by atoms with Gasteiger partial charge in [0.25, 0.3) is 0 Å². The average Bonchev–Trinajstić information content (AvgIpc) is 2.49. The van der Waals surface area contributed by atoms with E-state index in [0.29, 0.717) is 24.0 Å². The monoisotopic (exact) mass is 299 g/mol. The molecular formula is C17H17NO4. The van der Waals surface area contributed by atoms with Crippen LogP contribution in [0.4, 0.5) is 0 Å². The van der Waals surface area contributed by atoms with Crippen molar-refractivity contribution in [2.24, 2.45) is 0 Å². The zero-order valence-electron chi connectivity index (χ0n) is 12.5. The first-order valence-electron chi connectivity index (χ1n) is 7.35. The van der Waals surface area contributed by atoms with E-state index in [4.69, 9.17) is 4.74 Å². The van der Waals surface area contributed by atoms with E-state index >= 15 is 0 Å². The van der Waals surface area contributed by atoms with Gasteiger partial charge in [-0.2, -0.15) is 0 Å². The molecule has 1 aliphatic heterocycles. The Balaban J connectivity index is 2.10. The molecule has 0 saturated heterocycles. The Morgan fingerprint density at radius 3 is 2.73 bits per heavy atom. The lowest BCUT2D eigenvalue weighted by atomic mass is 9.80. The van der Waals surface area contributed by atoms with Gasteiger partial charge in [-0.05, 0) is 12.0 Å². The Kier molecular flexibility index (Phi) is 3.66. The lowest BCUT2D eigenvalue weighted by Crippen LogP contribution is -2.49. The predicted octanol–water partition coefficient (Wildman–Crippen LogP) is 1.56. The quantitative estimate of drug-likeness (QED) is 0.899. The molecule has 5 heteroatoms. The van der Waals surface area contributed by atoms with Crippen molar-refractivity contribution in [1.82, 2.24) is 5.32 Å². The zero-order chi connectivity index (χ0) is 15.9. The van der Waals surface area contributed by atoms with Gasteiger partial charge in [-0.1, -0.05) is 31.2 Å². The third kappa shape index (κ3) is 2.27. The molecule has 0 bridgehead atoms. The van der Waals surface area contributed by atoms with E-state index in [9.17, 15) is 14.4 Å². The summed E-state index contributed by atoms with van der Waals surface area (Å²) in [5, 5.41) is 2.63. The fourth-order valence-electron chi connectivity index (χ4n) is 3.02. The maximum Gasteiger partial charge on any atom is 0.219 e. The summed E-state index contributed by atoms with van der Waals surface area (Å²) in [7, 11) is 0.